The molecule has 4 aromatic rings. The van der Waals surface area contributed by atoms with E-state index >= 15 is 0 Å². The fourth-order valence-electron chi connectivity index (χ4n) is 6.34. The molecule has 2 aromatic carbocycles. The summed E-state index contributed by atoms with van der Waals surface area (Å²) in [6.45, 7) is 6.76. The Kier molecular flexibility index (Phi) is 5.81. The molecule has 0 N–H and O–H groups in total. The van der Waals surface area contributed by atoms with E-state index in [1.807, 2.05) is 24.4 Å². The number of para-hydroxylation sites is 1. The largest absolute Gasteiger partial charge is 0.497 e. The number of pyridine rings is 2. The highest BCUT2D eigenvalue weighted by molar-refractivity contribution is 5.84. The number of nitrogens with zero attached hydrogens (tertiary/aromatic N) is 3. The molecule has 0 spiro atoms. The topological polar surface area (TPSA) is 47.5 Å². The molecule has 0 aliphatic carbocycles. The molecular weight excluding hydrogens is 434 g/mol. The molecule has 180 valence electrons. The first kappa shape index (κ1) is 22.3. The van der Waals surface area contributed by atoms with E-state index in [0.29, 0.717) is 11.9 Å². The number of hydrogen-bond acceptors (Lipinski definition) is 5. The summed E-state index contributed by atoms with van der Waals surface area (Å²) in [6.07, 6.45) is 5.47. The number of ether oxygens (including phenoxy) is 2. The Bertz CT molecular complexity index is 1370. The number of aryl methyl sites for hydroxylation is 1. The van der Waals surface area contributed by atoms with Crippen molar-refractivity contribution in [1.29, 1.82) is 0 Å². The fourth-order valence-corrected chi connectivity index (χ4v) is 6.34. The van der Waals surface area contributed by atoms with Crippen molar-refractivity contribution >= 4 is 21.8 Å². The molecule has 5 atom stereocenters. The zero-order chi connectivity index (χ0) is 23.9. The second kappa shape index (κ2) is 9.12. The summed E-state index contributed by atoms with van der Waals surface area (Å²) in [6, 6.07) is 18.9. The molecule has 0 amide bonds. The van der Waals surface area contributed by atoms with Gasteiger partial charge in [-0.2, -0.15) is 0 Å². The van der Waals surface area contributed by atoms with Crippen molar-refractivity contribution in [1.82, 2.24) is 14.9 Å². The number of hydrogen-bond donors (Lipinski definition) is 0. The van der Waals surface area contributed by atoms with E-state index in [1.165, 1.54) is 23.8 Å². The van der Waals surface area contributed by atoms with Crippen LogP contribution in [0.5, 0.6) is 11.6 Å². The second-order valence-corrected chi connectivity index (χ2v) is 10.1. The van der Waals surface area contributed by atoms with Crippen molar-refractivity contribution in [2.45, 2.75) is 45.3 Å². The Morgan fingerprint density at radius 2 is 1.94 bits per heavy atom. The summed E-state index contributed by atoms with van der Waals surface area (Å²) in [5.41, 5.74) is 4.27. The third-order valence-electron chi connectivity index (χ3n) is 8.25. The molecule has 7 rings (SSSR count). The molecule has 35 heavy (non-hydrogen) atoms. The van der Waals surface area contributed by atoms with E-state index in [2.05, 4.69) is 60.1 Å². The van der Waals surface area contributed by atoms with Crippen LogP contribution in [0.4, 0.5) is 0 Å². The van der Waals surface area contributed by atoms with Gasteiger partial charge in [-0.05, 0) is 74.0 Å². The summed E-state index contributed by atoms with van der Waals surface area (Å²) in [5, 5.41) is 2.26. The standard InChI is InChI=1S/C30H33N3O2/c1-4-20-18-33-14-12-21(20)16-28(33)30(24-11-13-31-26-10-9-22(34-3)17-25(24)26)35-29-15-19(2)23-7-5-6-8-27(23)32-29/h5-11,13,15,17,20-21,28,30H,4,12,14,16,18H2,1-3H3/t20-,21?,28-,30+/m0/s1. The van der Waals surface area contributed by atoms with E-state index in [1.54, 1.807) is 7.11 Å². The van der Waals surface area contributed by atoms with E-state index in [-0.39, 0.29) is 6.10 Å². The van der Waals surface area contributed by atoms with Gasteiger partial charge in [-0.25, -0.2) is 4.98 Å². The number of fused-ring (bicyclic) bond motifs is 5. The third-order valence-corrected chi connectivity index (χ3v) is 8.25. The molecule has 2 bridgehead atoms. The van der Waals surface area contributed by atoms with Crippen LogP contribution in [0.15, 0.2) is 60.8 Å². The van der Waals surface area contributed by atoms with Gasteiger partial charge in [0.1, 0.15) is 11.9 Å². The number of piperidine rings is 3. The van der Waals surface area contributed by atoms with Crippen LogP contribution >= 0.6 is 0 Å². The maximum Gasteiger partial charge on any atom is 0.214 e. The lowest BCUT2D eigenvalue weighted by Gasteiger charge is -2.51. The number of benzene rings is 2. The Balaban J connectivity index is 1.46. The van der Waals surface area contributed by atoms with E-state index < -0.39 is 0 Å². The first-order valence-electron chi connectivity index (χ1n) is 12.8. The third kappa shape index (κ3) is 4.02. The molecule has 0 radical (unpaired) electrons. The highest BCUT2D eigenvalue weighted by Crippen LogP contribution is 2.44. The molecule has 3 aliphatic rings. The summed E-state index contributed by atoms with van der Waals surface area (Å²) in [4.78, 5) is 12.2. The van der Waals surface area contributed by atoms with Crippen molar-refractivity contribution in [3.63, 3.8) is 0 Å². The van der Waals surface area contributed by atoms with Crippen LogP contribution in [-0.4, -0.2) is 41.1 Å². The fraction of sp³-hybridized carbons (Fsp3) is 0.400. The molecule has 2 aromatic heterocycles. The molecule has 5 heteroatoms. The van der Waals surface area contributed by atoms with Crippen molar-refractivity contribution in [2.75, 3.05) is 20.2 Å². The molecule has 3 aliphatic heterocycles. The Morgan fingerprint density at radius 1 is 1.06 bits per heavy atom. The van der Waals surface area contributed by atoms with Gasteiger partial charge in [-0.3, -0.25) is 9.88 Å². The summed E-state index contributed by atoms with van der Waals surface area (Å²) < 4.78 is 12.5. The maximum absolute atomic E-state index is 6.91. The highest BCUT2D eigenvalue weighted by atomic mass is 16.5. The summed E-state index contributed by atoms with van der Waals surface area (Å²) >= 11 is 0. The van der Waals surface area contributed by atoms with E-state index in [9.17, 15) is 0 Å². The number of aromatic nitrogens is 2. The minimum absolute atomic E-state index is 0.138. The van der Waals surface area contributed by atoms with Crippen LogP contribution in [0.3, 0.4) is 0 Å². The lowest BCUT2D eigenvalue weighted by atomic mass is 9.72. The first-order valence-corrected chi connectivity index (χ1v) is 12.8. The van der Waals surface area contributed by atoms with E-state index in [0.717, 1.165) is 59.1 Å². The minimum atomic E-state index is -0.138. The second-order valence-electron chi connectivity index (χ2n) is 10.1. The van der Waals surface area contributed by atoms with Crippen LogP contribution in [0, 0.1) is 18.8 Å². The molecule has 5 heterocycles. The lowest BCUT2D eigenvalue weighted by Crippen LogP contribution is -2.56. The zero-order valence-electron chi connectivity index (χ0n) is 20.8. The Labute approximate surface area is 207 Å². The highest BCUT2D eigenvalue weighted by Gasteiger charge is 2.44. The Morgan fingerprint density at radius 3 is 2.74 bits per heavy atom. The van der Waals surface area contributed by atoms with Crippen molar-refractivity contribution in [3.05, 3.63) is 71.9 Å². The molecule has 2 unspecified atom stereocenters. The van der Waals surface area contributed by atoms with Crippen molar-refractivity contribution in [3.8, 4) is 11.6 Å². The minimum Gasteiger partial charge on any atom is -0.497 e. The average molecular weight is 468 g/mol. The van der Waals surface area contributed by atoms with Gasteiger partial charge in [0.15, 0.2) is 0 Å². The van der Waals surface area contributed by atoms with Gasteiger partial charge < -0.3 is 9.47 Å². The Hall–Kier alpha value is -3.18. The van der Waals surface area contributed by atoms with Crippen LogP contribution in [0.1, 0.15) is 43.4 Å². The van der Waals surface area contributed by atoms with Gasteiger partial charge >= 0.3 is 0 Å². The first-order chi connectivity index (χ1) is 17.1. The predicted octanol–water partition coefficient (Wildman–Crippen LogP) is 6.34. The quantitative estimate of drug-likeness (QED) is 0.331. The van der Waals surface area contributed by atoms with Gasteiger partial charge in [0.2, 0.25) is 5.88 Å². The maximum atomic E-state index is 6.91. The van der Waals surface area contributed by atoms with Crippen molar-refractivity contribution in [2.24, 2.45) is 11.8 Å². The SMILES string of the molecule is CC[C@H]1CN2CCC1C[C@H]2[C@H](Oc1cc(C)c2ccccc2n1)c1ccnc2ccc(OC)cc12. The number of rotatable bonds is 6. The molecule has 3 fully saturated rings. The molecule has 3 saturated heterocycles. The van der Waals surface area contributed by atoms with E-state index in [4.69, 9.17) is 14.5 Å². The van der Waals surface area contributed by atoms with Gasteiger partial charge in [-0.15, -0.1) is 0 Å². The van der Waals surface area contributed by atoms with Crippen LogP contribution in [-0.2, 0) is 0 Å². The van der Waals surface area contributed by atoms with Crippen LogP contribution < -0.4 is 9.47 Å². The smallest absolute Gasteiger partial charge is 0.214 e. The van der Waals surface area contributed by atoms with Gasteiger partial charge in [0, 0.05) is 35.1 Å². The summed E-state index contributed by atoms with van der Waals surface area (Å²) in [5.74, 6) is 3.07. The molecular formula is C30H33N3O2. The van der Waals surface area contributed by atoms with Crippen molar-refractivity contribution < 1.29 is 9.47 Å². The monoisotopic (exact) mass is 467 g/mol. The number of methoxy groups -OCH3 is 1. The summed E-state index contributed by atoms with van der Waals surface area (Å²) in [7, 11) is 1.71. The molecule has 0 saturated carbocycles. The zero-order valence-corrected chi connectivity index (χ0v) is 20.8. The van der Waals surface area contributed by atoms with Crippen LogP contribution in [0.2, 0.25) is 0 Å². The van der Waals surface area contributed by atoms with Gasteiger partial charge in [-0.1, -0.05) is 31.5 Å². The average Bonchev–Trinajstić information content (AvgIpc) is 2.91. The predicted molar refractivity (Wildman–Crippen MR) is 140 cm³/mol. The lowest BCUT2D eigenvalue weighted by molar-refractivity contribution is -0.0492. The van der Waals surface area contributed by atoms with Crippen LogP contribution in [0.25, 0.3) is 21.8 Å². The normalized spacial score (nSPS) is 24.5. The van der Waals surface area contributed by atoms with Gasteiger partial charge in [0.05, 0.1) is 24.2 Å². The molecule has 5 nitrogen and oxygen atoms in total. The van der Waals surface area contributed by atoms with Gasteiger partial charge in [0.25, 0.3) is 0 Å².